The number of likely N-dealkylation sites (tertiary alicyclic amines) is 1. The van der Waals surface area contributed by atoms with Crippen LogP contribution in [0.25, 0.3) is 0 Å². The Kier molecular flexibility index (Phi) is 14.4. The molecule has 4 heterocycles. The second-order valence-corrected chi connectivity index (χ2v) is 18.8. The zero-order valence-electron chi connectivity index (χ0n) is 37.0. The molecule has 1 aromatic rings. The fourth-order valence-corrected chi connectivity index (χ4v) is 10.9. The van der Waals surface area contributed by atoms with Crippen LogP contribution in [-0.4, -0.2) is 125 Å². The first-order valence-corrected chi connectivity index (χ1v) is 22.1. The number of hydrogen-bond donors (Lipinski definition) is 5. The van der Waals surface area contributed by atoms with Gasteiger partial charge in [-0.05, 0) is 58.3 Å². The maximum atomic E-state index is 14.7. The summed E-state index contributed by atoms with van der Waals surface area (Å²) >= 11 is 12.6. The number of halogens is 2. The summed E-state index contributed by atoms with van der Waals surface area (Å²) in [7, 11) is 2.80. The van der Waals surface area contributed by atoms with Gasteiger partial charge in [0.15, 0.2) is 24.4 Å². The van der Waals surface area contributed by atoms with Gasteiger partial charge in [0, 0.05) is 44.1 Å². The van der Waals surface area contributed by atoms with Crippen LogP contribution in [-0.2, 0) is 38.0 Å². The second-order valence-electron chi connectivity index (χ2n) is 18.0. The van der Waals surface area contributed by atoms with Gasteiger partial charge in [-0.25, -0.2) is 4.79 Å². The molecular weight excluding hydrogens is 847 g/mol. The van der Waals surface area contributed by atoms with E-state index in [1.54, 1.807) is 34.6 Å². The van der Waals surface area contributed by atoms with E-state index in [4.69, 9.17) is 57.4 Å². The molecule has 0 aromatic carbocycles. The van der Waals surface area contributed by atoms with Crippen molar-refractivity contribution in [1.82, 2.24) is 15.2 Å². The number of carbonyl (C=O) groups is 4. The van der Waals surface area contributed by atoms with Gasteiger partial charge in [-0.3, -0.25) is 19.3 Å². The average molecular weight is 910 g/mol. The molecule has 3 amide bonds. The van der Waals surface area contributed by atoms with Crippen LogP contribution in [0.15, 0.2) is 35.6 Å². The number of ketones is 1. The Morgan fingerprint density at radius 2 is 1.69 bits per heavy atom. The molecule has 62 heavy (non-hydrogen) atoms. The summed E-state index contributed by atoms with van der Waals surface area (Å²) in [6.07, 6.45) is -2.63. The first kappa shape index (κ1) is 48.0. The van der Waals surface area contributed by atoms with E-state index in [9.17, 15) is 29.4 Å². The summed E-state index contributed by atoms with van der Waals surface area (Å²) in [6.45, 7) is 18.7. The van der Waals surface area contributed by atoms with E-state index in [2.05, 4.69) is 16.9 Å². The van der Waals surface area contributed by atoms with Crippen LogP contribution in [0.2, 0.25) is 10.0 Å². The molecule has 6 N–H and O–H groups in total. The minimum absolute atomic E-state index is 0.0327. The maximum absolute atomic E-state index is 14.7. The molecule has 5 aliphatic rings. The molecule has 3 saturated heterocycles. The largest absolute Gasteiger partial charge is 0.511 e. The van der Waals surface area contributed by atoms with Gasteiger partial charge in [0.2, 0.25) is 0 Å². The van der Waals surface area contributed by atoms with Crippen molar-refractivity contribution in [3.8, 4) is 0 Å². The molecule has 1 unspecified atom stereocenters. The number of primary amides is 1. The zero-order valence-corrected chi connectivity index (χ0v) is 38.5. The molecular formula is C44H62Cl2N4O12. The number of carbonyl (C=O) groups excluding carboxylic acids is 4. The highest BCUT2D eigenvalue weighted by Gasteiger charge is 2.58. The van der Waals surface area contributed by atoms with Crippen molar-refractivity contribution >= 4 is 46.9 Å². The van der Waals surface area contributed by atoms with Crippen molar-refractivity contribution < 1.29 is 57.8 Å². The number of rotatable bonds is 11. The number of fused-ring (bicyclic) bond motifs is 1. The van der Waals surface area contributed by atoms with Crippen LogP contribution in [0.3, 0.4) is 0 Å². The number of amides is 3. The molecule has 4 fully saturated rings. The summed E-state index contributed by atoms with van der Waals surface area (Å²) in [4.78, 5) is 58.6. The minimum Gasteiger partial charge on any atom is -0.511 e. The number of aromatic amines is 1. The number of H-pyrrole nitrogens is 1. The van der Waals surface area contributed by atoms with Crippen LogP contribution >= 0.6 is 23.2 Å². The van der Waals surface area contributed by atoms with Crippen molar-refractivity contribution in [3.05, 3.63) is 57.1 Å². The summed E-state index contributed by atoms with van der Waals surface area (Å²) in [5.41, 5.74) is 5.04. The van der Waals surface area contributed by atoms with Crippen LogP contribution < -0.4 is 11.1 Å². The molecule has 16 nitrogen and oxygen atoms in total. The topological polar surface area (TPSA) is 221 Å². The number of allylic oxidation sites excluding steroid dienone is 3. The fraction of sp³-hybridized carbons (Fsp3) is 0.682. The van der Waals surface area contributed by atoms with Crippen LogP contribution in [0.5, 0.6) is 0 Å². The number of methoxy groups -OCH3 is 2. The normalized spacial score (nSPS) is 38.9. The smallest absolute Gasteiger partial charge is 0.404 e. The van der Waals surface area contributed by atoms with E-state index in [0.717, 1.165) is 5.57 Å². The molecule has 1 aromatic heterocycles. The predicted octanol–water partition coefficient (Wildman–Crippen LogP) is 5.53. The van der Waals surface area contributed by atoms with E-state index in [0.29, 0.717) is 18.5 Å². The van der Waals surface area contributed by atoms with Crippen molar-refractivity contribution in [3.63, 3.8) is 0 Å². The van der Waals surface area contributed by atoms with Gasteiger partial charge in [0.05, 0.1) is 40.0 Å². The SMILES string of the molecule is C=C1CC[C@@H](O[C@H]2C[C@@](O)([C@@H](C)NC(=O)c3[nH]c(C)c(Cl)c3Cl)[C@H](C)[C@@H](C)O2)[C@@H]2C=C[C@@H](C)C(/C(O)=C3/C(=O)[C@H](C(C)C)N([C@H]4O[C@H](C)[C@H](OC(N)=O)[C@H](OC)[C@@H]4OC)C3=O)[C@@H]12. The van der Waals surface area contributed by atoms with Crippen molar-refractivity contribution in [2.75, 3.05) is 14.2 Å². The minimum atomic E-state index is -1.46. The number of ether oxygens (including phenoxy) is 6. The average Bonchev–Trinajstić information content (AvgIpc) is 3.63. The van der Waals surface area contributed by atoms with Crippen molar-refractivity contribution in [2.24, 2.45) is 41.2 Å². The number of nitrogens with zero attached hydrogens (tertiary/aromatic N) is 1. The number of aryl methyl sites for hydroxylation is 1. The summed E-state index contributed by atoms with van der Waals surface area (Å²) in [5, 5.41) is 27.9. The van der Waals surface area contributed by atoms with Gasteiger partial charge in [-0.15, -0.1) is 0 Å². The quantitative estimate of drug-likeness (QED) is 0.0802. The van der Waals surface area contributed by atoms with Crippen LogP contribution in [0.4, 0.5) is 4.79 Å². The molecule has 344 valence electrons. The van der Waals surface area contributed by atoms with E-state index >= 15 is 0 Å². The number of aliphatic hydroxyl groups excluding tert-OH is 1. The van der Waals surface area contributed by atoms with Gasteiger partial charge in [-0.2, -0.15) is 0 Å². The molecule has 1 saturated carbocycles. The molecule has 6 rings (SSSR count). The molecule has 0 bridgehead atoms. The number of aliphatic hydroxyl groups is 2. The molecule has 0 radical (unpaired) electrons. The zero-order chi connectivity index (χ0) is 45.9. The first-order chi connectivity index (χ1) is 29.1. The van der Waals surface area contributed by atoms with Gasteiger partial charge in [-0.1, -0.05) is 75.2 Å². The number of aromatic nitrogens is 1. The lowest BCUT2D eigenvalue weighted by Crippen LogP contribution is -2.65. The Hall–Kier alpha value is -3.48. The Labute approximate surface area is 372 Å². The second kappa shape index (κ2) is 18.6. The van der Waals surface area contributed by atoms with Gasteiger partial charge in [0.25, 0.3) is 11.8 Å². The van der Waals surface area contributed by atoms with E-state index in [-0.39, 0.29) is 45.3 Å². The first-order valence-electron chi connectivity index (χ1n) is 21.3. The van der Waals surface area contributed by atoms with Crippen LogP contribution in [0.1, 0.15) is 83.9 Å². The number of hydrogen-bond acceptors (Lipinski definition) is 12. The molecule has 3 aliphatic heterocycles. The highest BCUT2D eigenvalue weighted by atomic mass is 35.5. The van der Waals surface area contributed by atoms with E-state index in [1.807, 2.05) is 32.9 Å². The lowest BCUT2D eigenvalue weighted by molar-refractivity contribution is -0.281. The molecule has 0 spiro atoms. The maximum Gasteiger partial charge on any atom is 0.404 e. The summed E-state index contributed by atoms with van der Waals surface area (Å²) in [6, 6.07) is -1.79. The van der Waals surface area contributed by atoms with Crippen molar-refractivity contribution in [2.45, 2.75) is 141 Å². The third-order valence-electron chi connectivity index (χ3n) is 14.0. The highest BCUT2D eigenvalue weighted by molar-refractivity contribution is 6.44. The molecule has 18 heteroatoms. The monoisotopic (exact) mass is 908 g/mol. The van der Waals surface area contributed by atoms with Gasteiger partial charge < -0.3 is 54.7 Å². The predicted molar refractivity (Wildman–Crippen MR) is 228 cm³/mol. The third-order valence-corrected chi connectivity index (χ3v) is 14.9. The van der Waals surface area contributed by atoms with Gasteiger partial charge >= 0.3 is 6.09 Å². The Morgan fingerprint density at radius 3 is 2.27 bits per heavy atom. The van der Waals surface area contributed by atoms with E-state index < -0.39 is 114 Å². The lowest BCUT2D eigenvalue weighted by atomic mass is 9.61. The van der Waals surface area contributed by atoms with E-state index in [1.165, 1.54) is 19.1 Å². The third kappa shape index (κ3) is 8.46. The lowest BCUT2D eigenvalue weighted by Gasteiger charge is -2.50. The summed E-state index contributed by atoms with van der Waals surface area (Å²) in [5.74, 6) is -4.78. The molecule has 16 atom stereocenters. The fourth-order valence-electron chi connectivity index (χ4n) is 10.5. The number of nitrogens with one attached hydrogen (secondary N) is 2. The van der Waals surface area contributed by atoms with Crippen molar-refractivity contribution in [1.29, 1.82) is 0 Å². The molecule has 2 aliphatic carbocycles. The Bertz CT molecular complexity index is 1990. The van der Waals surface area contributed by atoms with Gasteiger partial charge in [0.1, 0.15) is 35.3 Å². The Morgan fingerprint density at radius 1 is 1.03 bits per heavy atom. The number of nitrogens with two attached hydrogens (primary N) is 1. The number of Topliss-reactive ketones (excluding diaryl/α,β-unsaturated/α-hetero) is 1. The standard InChI is InChI=1S/C44H62Cl2N4O12/c1-17(2)34-36(52)30(41(54)50(34)42-39(58-11)38(57-10)37(23(8)60-42)62-43(47)55)35(51)29-19(4)12-14-25-26(15-13-18(3)28(25)29)61-27-16-44(56,20(5)22(7)59-27)24(9)49-40(53)33-32(46)31(45)21(6)48-33/h12,14,17,19-20,22-29,34,37-39,42,48,51,56H,3,13,15-16H2,1-2,4-11H3,(H2,47,55)(H,49,53)/b35-30+/t19-,20-,22-,23-,24-,25+,26-,27+,28+,29?,34+,37+,38+,39+,42+,44+/m1/s1. The van der Waals surface area contributed by atoms with Crippen LogP contribution in [0, 0.1) is 42.4 Å². The highest BCUT2D eigenvalue weighted by Crippen LogP contribution is 2.51. The Balaban J connectivity index is 1.26. The summed E-state index contributed by atoms with van der Waals surface area (Å²) < 4.78 is 36.3.